The summed E-state index contributed by atoms with van der Waals surface area (Å²) in [5.41, 5.74) is 1.74. The van der Waals surface area contributed by atoms with Crippen LogP contribution in [0.1, 0.15) is 24.0 Å². The molecule has 2 aromatic carbocycles. The summed E-state index contributed by atoms with van der Waals surface area (Å²) < 4.78 is 67.0. The summed E-state index contributed by atoms with van der Waals surface area (Å²) in [5, 5.41) is 11.3. The van der Waals surface area contributed by atoms with Gasteiger partial charge in [-0.15, -0.1) is 24.5 Å². The van der Waals surface area contributed by atoms with Gasteiger partial charge in [0.25, 0.3) is 11.3 Å². The first-order valence-electron chi connectivity index (χ1n) is 11.7. The van der Waals surface area contributed by atoms with E-state index in [0.717, 1.165) is 52.1 Å². The standard InChI is InChI=1S/C25H29F3N2O4S2/c1-17-22-4-2-3-5-23(22)35-24(17)30(36(32)33)15-20(29-12-10-19(16-31)11-13-29)14-18-6-8-21(9-7-18)34-25(26,27)28/h2-9,19-20,31H,10-16H2,1H3,(H,32,33). The Bertz CT molecular complexity index is 1180. The van der Waals surface area contributed by atoms with Gasteiger partial charge < -0.3 is 9.84 Å². The Morgan fingerprint density at radius 1 is 1.17 bits per heavy atom. The lowest BCUT2D eigenvalue weighted by molar-refractivity contribution is -0.274. The molecular formula is C25H29F3N2O4S2. The smallest absolute Gasteiger partial charge is 0.406 e. The second kappa shape index (κ2) is 11.5. The maximum Gasteiger partial charge on any atom is 0.573 e. The molecule has 1 aromatic heterocycles. The lowest BCUT2D eigenvalue weighted by Gasteiger charge is -2.39. The summed E-state index contributed by atoms with van der Waals surface area (Å²) in [6, 6.07) is 13.4. The minimum atomic E-state index is -4.76. The van der Waals surface area contributed by atoms with E-state index in [1.807, 2.05) is 31.2 Å². The zero-order valence-electron chi connectivity index (χ0n) is 19.8. The van der Waals surface area contributed by atoms with Gasteiger partial charge in [-0.2, -0.15) is 0 Å². The number of halogens is 3. The number of nitrogens with zero attached hydrogens (tertiary/aromatic N) is 2. The van der Waals surface area contributed by atoms with E-state index < -0.39 is 17.6 Å². The monoisotopic (exact) mass is 542 g/mol. The number of alkyl halides is 3. The highest BCUT2D eigenvalue weighted by molar-refractivity contribution is 7.81. The molecule has 196 valence electrons. The van der Waals surface area contributed by atoms with Crippen LogP contribution in [0.4, 0.5) is 18.2 Å². The van der Waals surface area contributed by atoms with Gasteiger partial charge in [-0.3, -0.25) is 13.8 Å². The number of aliphatic hydroxyl groups excluding tert-OH is 1. The molecule has 2 atom stereocenters. The zero-order valence-corrected chi connectivity index (χ0v) is 21.4. The van der Waals surface area contributed by atoms with E-state index in [4.69, 9.17) is 0 Å². The Morgan fingerprint density at radius 3 is 2.42 bits per heavy atom. The van der Waals surface area contributed by atoms with E-state index in [9.17, 15) is 27.0 Å². The van der Waals surface area contributed by atoms with Crippen LogP contribution in [0.25, 0.3) is 10.1 Å². The van der Waals surface area contributed by atoms with Crippen molar-refractivity contribution >= 4 is 37.7 Å². The first kappa shape index (κ1) is 26.9. The molecule has 4 rings (SSSR count). The van der Waals surface area contributed by atoms with Crippen molar-refractivity contribution in [1.82, 2.24) is 4.90 Å². The quantitative estimate of drug-likeness (QED) is 0.356. The van der Waals surface area contributed by atoms with Gasteiger partial charge in [-0.25, -0.2) is 4.21 Å². The van der Waals surface area contributed by atoms with Gasteiger partial charge in [0.15, 0.2) is 0 Å². The minimum Gasteiger partial charge on any atom is -0.406 e. The zero-order chi connectivity index (χ0) is 25.9. The van der Waals surface area contributed by atoms with Crippen molar-refractivity contribution in [2.45, 2.75) is 38.6 Å². The van der Waals surface area contributed by atoms with Crippen molar-refractivity contribution in [3.05, 3.63) is 59.7 Å². The Hall–Kier alpha value is -2.18. The summed E-state index contributed by atoms with van der Waals surface area (Å²) in [6.07, 6.45) is -2.65. The van der Waals surface area contributed by atoms with Crippen molar-refractivity contribution in [2.75, 3.05) is 30.5 Å². The van der Waals surface area contributed by atoms with E-state index in [-0.39, 0.29) is 30.9 Å². The molecule has 6 nitrogen and oxygen atoms in total. The number of anilines is 1. The maximum atomic E-state index is 12.5. The van der Waals surface area contributed by atoms with E-state index in [2.05, 4.69) is 9.64 Å². The number of hydrogen-bond acceptors (Lipinski definition) is 5. The predicted octanol–water partition coefficient (Wildman–Crippen LogP) is 5.37. The molecule has 11 heteroatoms. The number of benzene rings is 2. The Kier molecular flexibility index (Phi) is 8.56. The maximum absolute atomic E-state index is 12.5. The lowest BCUT2D eigenvalue weighted by Crippen LogP contribution is -2.49. The van der Waals surface area contributed by atoms with Crippen molar-refractivity contribution in [3.63, 3.8) is 0 Å². The van der Waals surface area contributed by atoms with Crippen molar-refractivity contribution in [1.29, 1.82) is 0 Å². The molecule has 1 fully saturated rings. The lowest BCUT2D eigenvalue weighted by atomic mass is 9.95. The first-order valence-corrected chi connectivity index (χ1v) is 13.6. The van der Waals surface area contributed by atoms with Crippen molar-refractivity contribution in [3.8, 4) is 5.75 Å². The first-order chi connectivity index (χ1) is 17.1. The highest BCUT2D eigenvalue weighted by atomic mass is 32.2. The number of likely N-dealkylation sites (tertiary alicyclic amines) is 1. The second-order valence-corrected chi connectivity index (χ2v) is 11.0. The van der Waals surface area contributed by atoms with Crippen LogP contribution in [0, 0.1) is 12.8 Å². The molecule has 36 heavy (non-hydrogen) atoms. The van der Waals surface area contributed by atoms with Crippen LogP contribution in [0.2, 0.25) is 0 Å². The fraction of sp³-hybridized carbons (Fsp3) is 0.440. The Morgan fingerprint density at radius 2 is 1.83 bits per heavy atom. The van der Waals surface area contributed by atoms with Gasteiger partial charge in [0.05, 0.1) is 6.54 Å². The fourth-order valence-corrected chi connectivity index (χ4v) is 6.72. The molecule has 3 aromatic rings. The van der Waals surface area contributed by atoms with Gasteiger partial charge in [-0.05, 0) is 79.9 Å². The Balaban J connectivity index is 1.59. The van der Waals surface area contributed by atoms with Gasteiger partial charge in [-0.1, -0.05) is 30.3 Å². The van der Waals surface area contributed by atoms with E-state index in [1.165, 1.54) is 27.8 Å². The van der Waals surface area contributed by atoms with Crippen LogP contribution in [-0.4, -0.2) is 57.4 Å². The molecule has 0 aliphatic carbocycles. The number of ether oxygens (including phenoxy) is 1. The number of aliphatic hydroxyl groups is 1. The summed E-state index contributed by atoms with van der Waals surface area (Å²) in [4.78, 5) is 2.24. The van der Waals surface area contributed by atoms with Gasteiger partial charge >= 0.3 is 6.36 Å². The largest absolute Gasteiger partial charge is 0.573 e. The summed E-state index contributed by atoms with van der Waals surface area (Å²) in [5.74, 6) is -0.0563. The second-order valence-electron chi connectivity index (χ2n) is 9.03. The molecule has 0 saturated carbocycles. The van der Waals surface area contributed by atoms with Crippen molar-refractivity contribution < 1.29 is 31.8 Å². The molecular weight excluding hydrogens is 513 g/mol. The molecule has 1 aliphatic heterocycles. The van der Waals surface area contributed by atoms with Gasteiger partial charge in [0.1, 0.15) is 10.8 Å². The van der Waals surface area contributed by atoms with Crippen molar-refractivity contribution in [2.24, 2.45) is 5.92 Å². The predicted molar refractivity (Wildman–Crippen MR) is 137 cm³/mol. The molecule has 1 saturated heterocycles. The van der Waals surface area contributed by atoms with Crippen LogP contribution in [-0.2, 0) is 17.7 Å². The summed E-state index contributed by atoms with van der Waals surface area (Å²) in [6.45, 7) is 3.79. The summed E-state index contributed by atoms with van der Waals surface area (Å²) >= 11 is -0.801. The number of thiophene rings is 1. The van der Waals surface area contributed by atoms with E-state index in [1.54, 1.807) is 12.1 Å². The van der Waals surface area contributed by atoms with Gasteiger partial charge in [0, 0.05) is 17.3 Å². The third kappa shape index (κ3) is 6.57. The minimum absolute atomic E-state index is 0.132. The highest BCUT2D eigenvalue weighted by Crippen LogP contribution is 2.38. The van der Waals surface area contributed by atoms with Crippen LogP contribution in [0.5, 0.6) is 5.75 Å². The number of aryl methyl sites for hydroxylation is 1. The number of fused-ring (bicyclic) bond motifs is 1. The molecule has 2 unspecified atom stereocenters. The fourth-order valence-electron chi connectivity index (χ4n) is 4.72. The highest BCUT2D eigenvalue weighted by Gasteiger charge is 2.32. The molecule has 0 spiro atoms. The van der Waals surface area contributed by atoms with E-state index >= 15 is 0 Å². The number of piperidine rings is 1. The number of hydrogen-bond donors (Lipinski definition) is 2. The van der Waals surface area contributed by atoms with Crippen LogP contribution in [0.15, 0.2) is 48.5 Å². The molecule has 0 bridgehead atoms. The molecule has 1 aliphatic rings. The molecule has 0 radical (unpaired) electrons. The summed E-state index contributed by atoms with van der Waals surface area (Å²) in [7, 11) is 0. The third-order valence-electron chi connectivity index (χ3n) is 6.66. The van der Waals surface area contributed by atoms with Crippen LogP contribution in [0.3, 0.4) is 0 Å². The molecule has 2 heterocycles. The topological polar surface area (TPSA) is 73.2 Å². The SMILES string of the molecule is Cc1c(N(CC(Cc2ccc(OC(F)(F)F)cc2)N2CCC(CO)CC2)S(=O)O)sc2ccccc12. The van der Waals surface area contributed by atoms with E-state index in [0.29, 0.717) is 6.42 Å². The Labute approximate surface area is 214 Å². The number of rotatable bonds is 9. The third-order valence-corrected chi connectivity index (χ3v) is 8.78. The normalized spacial score (nSPS) is 17.3. The average molecular weight is 543 g/mol. The van der Waals surface area contributed by atoms with Gasteiger partial charge in [0.2, 0.25) is 0 Å². The molecule has 2 N–H and O–H groups in total. The average Bonchev–Trinajstić information content (AvgIpc) is 3.18. The van der Waals surface area contributed by atoms with Crippen LogP contribution < -0.4 is 9.04 Å². The molecule has 0 amide bonds. The van der Waals surface area contributed by atoms with Crippen LogP contribution >= 0.6 is 11.3 Å².